The maximum atomic E-state index is 12.7. The van der Waals surface area contributed by atoms with E-state index in [-0.39, 0.29) is 17.6 Å². The summed E-state index contributed by atoms with van der Waals surface area (Å²) in [5.41, 5.74) is 9.48. The Kier molecular flexibility index (Phi) is 7.63. The number of carbonyl (C=O) groups is 1. The van der Waals surface area contributed by atoms with Crippen molar-refractivity contribution in [1.29, 1.82) is 0 Å². The molecule has 3 heterocycles. The van der Waals surface area contributed by atoms with Gasteiger partial charge in [-0.25, -0.2) is 14.8 Å². The van der Waals surface area contributed by atoms with Gasteiger partial charge in [0.15, 0.2) is 5.79 Å². The van der Waals surface area contributed by atoms with Gasteiger partial charge < -0.3 is 29.7 Å². The Morgan fingerprint density at radius 2 is 1.90 bits per heavy atom. The van der Waals surface area contributed by atoms with Crippen molar-refractivity contribution in [2.24, 2.45) is 16.1 Å². The van der Waals surface area contributed by atoms with Crippen molar-refractivity contribution in [3.63, 3.8) is 0 Å². The lowest BCUT2D eigenvalue weighted by atomic mass is 9.66. The van der Waals surface area contributed by atoms with Crippen LogP contribution in [0.2, 0.25) is 0 Å². The molecule has 4 aliphatic rings. The highest BCUT2D eigenvalue weighted by Crippen LogP contribution is 2.58. The summed E-state index contributed by atoms with van der Waals surface area (Å²) in [6.45, 7) is 10.9. The number of hydrogen-bond donors (Lipinski definition) is 1. The number of aromatic nitrogens is 2. The molecule has 2 spiro atoms. The maximum absolute atomic E-state index is 12.7. The fraction of sp³-hybridized carbons (Fsp3) is 0.724. The highest BCUT2D eigenvalue weighted by atomic mass is 16.7. The summed E-state index contributed by atoms with van der Waals surface area (Å²) in [6.07, 6.45) is 8.13. The van der Waals surface area contributed by atoms with E-state index in [2.05, 4.69) is 16.8 Å². The molecule has 1 amide bonds. The number of anilines is 1. The first kappa shape index (κ1) is 27.8. The number of carbonyl (C=O) groups excluding carboxylic acids is 1. The number of aliphatic imine (C=N–C) groups is 1. The lowest BCUT2D eigenvalue weighted by Gasteiger charge is -2.48. The molecule has 2 aliphatic carbocycles. The first-order valence-electron chi connectivity index (χ1n) is 14.4. The Balaban J connectivity index is 1.39. The van der Waals surface area contributed by atoms with Crippen LogP contribution in [-0.2, 0) is 14.2 Å². The highest BCUT2D eigenvalue weighted by Gasteiger charge is 2.62. The first-order valence-corrected chi connectivity index (χ1v) is 14.4. The zero-order valence-electron chi connectivity index (χ0n) is 24.2. The van der Waals surface area contributed by atoms with E-state index in [9.17, 15) is 4.79 Å². The van der Waals surface area contributed by atoms with Crippen LogP contribution in [0.5, 0.6) is 0 Å². The normalized spacial score (nSPS) is 29.8. The standard InChI is InChI=1S/C29H44N6O4/c1-20-19-34(26(36)39-27(2,3)4)15-8-16-35(20)25-32-14-10-22(33-25)23(30)21-9-13-28(24(21)31-5)11-6-7-12-29(28)37-17-18-38-29/h10,14,20H,6-9,11-13,15-19,30H2,1-5H3/t20-,28?/m0/s1. The molecule has 0 radical (unpaired) electrons. The van der Waals surface area contributed by atoms with E-state index < -0.39 is 11.4 Å². The Hall–Kier alpha value is -2.72. The molecule has 1 aromatic heterocycles. The lowest BCUT2D eigenvalue weighted by Crippen LogP contribution is -2.54. The lowest BCUT2D eigenvalue weighted by molar-refractivity contribution is -0.232. The second-order valence-electron chi connectivity index (χ2n) is 12.3. The molecule has 0 aromatic carbocycles. The summed E-state index contributed by atoms with van der Waals surface area (Å²) in [4.78, 5) is 31.0. The SMILES string of the molecule is CN=C1C(=C(N)c2ccnc(N3CCCN(C(=O)OC(C)(C)C)C[C@@H]3C)n2)CCC12CCCCC21OCCO1. The number of ether oxygens (including phenoxy) is 3. The second-order valence-corrected chi connectivity index (χ2v) is 12.3. The van der Waals surface area contributed by atoms with Gasteiger partial charge in [0.2, 0.25) is 5.95 Å². The number of allylic oxidation sites excluding steroid dienone is 1. The third-order valence-electron chi connectivity index (χ3n) is 8.60. The fourth-order valence-corrected chi connectivity index (χ4v) is 6.92. The minimum absolute atomic E-state index is 0.0189. The molecular weight excluding hydrogens is 496 g/mol. The van der Waals surface area contributed by atoms with Crippen molar-refractivity contribution in [3.05, 3.63) is 23.5 Å². The number of nitrogens with two attached hydrogens (primary N) is 1. The molecule has 10 nitrogen and oxygen atoms in total. The van der Waals surface area contributed by atoms with E-state index in [1.165, 1.54) is 0 Å². The average molecular weight is 541 g/mol. The van der Waals surface area contributed by atoms with Gasteiger partial charge in [-0.05, 0) is 71.4 Å². The van der Waals surface area contributed by atoms with Gasteiger partial charge in [-0.3, -0.25) is 4.99 Å². The second kappa shape index (κ2) is 10.7. The van der Waals surface area contributed by atoms with Crippen molar-refractivity contribution < 1.29 is 19.0 Å². The van der Waals surface area contributed by atoms with Gasteiger partial charge >= 0.3 is 6.09 Å². The van der Waals surface area contributed by atoms with E-state index in [1.54, 1.807) is 11.1 Å². The van der Waals surface area contributed by atoms with Crippen LogP contribution < -0.4 is 10.6 Å². The molecule has 214 valence electrons. The van der Waals surface area contributed by atoms with Crippen molar-refractivity contribution in [2.45, 2.75) is 90.1 Å². The van der Waals surface area contributed by atoms with Crippen LogP contribution in [-0.4, -0.2) is 84.0 Å². The molecule has 4 fully saturated rings. The molecular formula is C29H44N6O4. The zero-order valence-corrected chi connectivity index (χ0v) is 24.2. The molecule has 1 unspecified atom stereocenters. The molecule has 0 bridgehead atoms. The number of amides is 1. The molecule has 2 saturated heterocycles. The molecule has 2 N–H and O–H groups in total. The number of nitrogens with zero attached hydrogens (tertiary/aromatic N) is 5. The average Bonchev–Trinajstić information content (AvgIpc) is 3.46. The predicted molar refractivity (Wildman–Crippen MR) is 151 cm³/mol. The summed E-state index contributed by atoms with van der Waals surface area (Å²) in [5.74, 6) is 0.0226. The summed E-state index contributed by atoms with van der Waals surface area (Å²) in [6, 6.07) is 1.89. The smallest absolute Gasteiger partial charge is 0.410 e. The van der Waals surface area contributed by atoms with Gasteiger partial charge in [-0.15, -0.1) is 0 Å². The summed E-state index contributed by atoms with van der Waals surface area (Å²) < 4.78 is 18.3. The van der Waals surface area contributed by atoms with Gasteiger partial charge in [0.1, 0.15) is 5.60 Å². The van der Waals surface area contributed by atoms with E-state index >= 15 is 0 Å². The molecule has 2 aliphatic heterocycles. The molecule has 2 saturated carbocycles. The highest BCUT2D eigenvalue weighted by molar-refractivity contribution is 6.11. The van der Waals surface area contributed by atoms with E-state index in [0.29, 0.717) is 43.6 Å². The van der Waals surface area contributed by atoms with Crippen LogP contribution in [0.3, 0.4) is 0 Å². The van der Waals surface area contributed by atoms with Gasteiger partial charge in [0.25, 0.3) is 0 Å². The van der Waals surface area contributed by atoms with Gasteiger partial charge in [0.05, 0.1) is 35.7 Å². The van der Waals surface area contributed by atoms with Crippen LogP contribution >= 0.6 is 0 Å². The summed E-state index contributed by atoms with van der Waals surface area (Å²) >= 11 is 0. The largest absolute Gasteiger partial charge is 0.444 e. The topological polar surface area (TPSA) is 115 Å². The fourth-order valence-electron chi connectivity index (χ4n) is 6.92. The third kappa shape index (κ3) is 5.13. The first-order chi connectivity index (χ1) is 18.6. The van der Waals surface area contributed by atoms with Crippen LogP contribution in [0.25, 0.3) is 5.70 Å². The van der Waals surface area contributed by atoms with Gasteiger partial charge in [0, 0.05) is 45.3 Å². The maximum Gasteiger partial charge on any atom is 0.410 e. The number of rotatable bonds is 2. The van der Waals surface area contributed by atoms with E-state index in [4.69, 9.17) is 29.9 Å². The minimum Gasteiger partial charge on any atom is -0.444 e. The van der Waals surface area contributed by atoms with Crippen LogP contribution in [0.1, 0.15) is 78.3 Å². The Morgan fingerprint density at radius 3 is 2.62 bits per heavy atom. The molecule has 10 heteroatoms. The van der Waals surface area contributed by atoms with Crippen molar-refractivity contribution in [2.75, 3.05) is 44.8 Å². The van der Waals surface area contributed by atoms with Crippen molar-refractivity contribution in [3.8, 4) is 0 Å². The Bertz CT molecular complexity index is 1140. The summed E-state index contributed by atoms with van der Waals surface area (Å²) in [7, 11) is 1.85. The third-order valence-corrected chi connectivity index (χ3v) is 8.60. The van der Waals surface area contributed by atoms with Crippen molar-refractivity contribution >= 4 is 23.5 Å². The Morgan fingerprint density at radius 1 is 1.15 bits per heavy atom. The van der Waals surface area contributed by atoms with Crippen LogP contribution in [0, 0.1) is 5.41 Å². The van der Waals surface area contributed by atoms with Gasteiger partial charge in [-0.2, -0.15) is 0 Å². The van der Waals surface area contributed by atoms with Crippen LogP contribution in [0.15, 0.2) is 22.8 Å². The van der Waals surface area contributed by atoms with Crippen LogP contribution in [0.4, 0.5) is 10.7 Å². The van der Waals surface area contributed by atoms with Gasteiger partial charge in [-0.1, -0.05) is 6.42 Å². The molecule has 5 rings (SSSR count). The Labute approximate surface area is 232 Å². The van der Waals surface area contributed by atoms with E-state index in [0.717, 1.165) is 62.8 Å². The summed E-state index contributed by atoms with van der Waals surface area (Å²) in [5, 5.41) is 0. The van der Waals surface area contributed by atoms with Crippen molar-refractivity contribution in [1.82, 2.24) is 14.9 Å². The molecule has 2 atom stereocenters. The quantitative estimate of drug-likeness (QED) is 0.595. The number of hydrogen-bond acceptors (Lipinski definition) is 9. The zero-order chi connectivity index (χ0) is 27.8. The predicted octanol–water partition coefficient (Wildman–Crippen LogP) is 4.15. The minimum atomic E-state index is -0.597. The molecule has 39 heavy (non-hydrogen) atoms. The number of fused-ring (bicyclic) bond motifs is 1. The molecule has 1 aromatic rings. The van der Waals surface area contributed by atoms with E-state index in [1.807, 2.05) is 33.9 Å². The monoisotopic (exact) mass is 540 g/mol.